The summed E-state index contributed by atoms with van der Waals surface area (Å²) in [6.45, 7) is 3.56. The van der Waals surface area contributed by atoms with Gasteiger partial charge in [0.15, 0.2) is 0 Å². The van der Waals surface area contributed by atoms with Crippen LogP contribution in [0.4, 0.5) is 0 Å². The van der Waals surface area contributed by atoms with E-state index < -0.39 is 0 Å². The molecule has 4 nitrogen and oxygen atoms in total. The maximum atomic E-state index is 5.94. The van der Waals surface area contributed by atoms with Crippen molar-refractivity contribution in [3.63, 3.8) is 0 Å². The molecule has 2 aromatic rings. The first-order valence-electron chi connectivity index (χ1n) is 6.71. The second-order valence-corrected chi connectivity index (χ2v) is 4.67. The zero-order chi connectivity index (χ0) is 13.5. The lowest BCUT2D eigenvalue weighted by Crippen LogP contribution is -2.21. The van der Waals surface area contributed by atoms with Crippen LogP contribution >= 0.6 is 0 Å². The molecule has 1 heterocycles. The van der Waals surface area contributed by atoms with Crippen molar-refractivity contribution in [1.29, 1.82) is 0 Å². The summed E-state index contributed by atoms with van der Waals surface area (Å²) in [5.41, 5.74) is 7.20. The fourth-order valence-electron chi connectivity index (χ4n) is 1.86. The first-order chi connectivity index (χ1) is 9.28. The molecule has 0 aliphatic heterocycles. The fourth-order valence-corrected chi connectivity index (χ4v) is 1.86. The highest BCUT2D eigenvalue weighted by atomic mass is 16.5. The van der Waals surface area contributed by atoms with Crippen molar-refractivity contribution in [3.8, 4) is 5.75 Å². The van der Waals surface area contributed by atoms with Crippen LogP contribution < -0.4 is 10.5 Å². The van der Waals surface area contributed by atoms with Crippen molar-refractivity contribution in [2.45, 2.75) is 32.4 Å². The maximum Gasteiger partial charge on any atom is 0.119 e. The molecule has 0 radical (unpaired) electrons. The van der Waals surface area contributed by atoms with Crippen LogP contribution in [0, 0.1) is 0 Å². The summed E-state index contributed by atoms with van der Waals surface area (Å²) >= 11 is 0. The summed E-state index contributed by atoms with van der Waals surface area (Å²) < 4.78 is 7.68. The van der Waals surface area contributed by atoms with Gasteiger partial charge in [0.2, 0.25) is 0 Å². The number of rotatable bonds is 7. The Kier molecular flexibility index (Phi) is 4.98. The molecular weight excluding hydrogens is 238 g/mol. The van der Waals surface area contributed by atoms with Gasteiger partial charge in [0.05, 0.1) is 12.9 Å². The molecule has 0 saturated carbocycles. The first-order valence-corrected chi connectivity index (χ1v) is 6.71. The maximum absolute atomic E-state index is 5.94. The largest absolute Gasteiger partial charge is 0.492 e. The van der Waals surface area contributed by atoms with Crippen LogP contribution in [0.25, 0.3) is 0 Å². The minimum absolute atomic E-state index is 0.244. The van der Waals surface area contributed by atoms with Gasteiger partial charge in [-0.25, -0.2) is 4.98 Å². The highest BCUT2D eigenvalue weighted by molar-refractivity contribution is 5.27. The normalized spacial score (nSPS) is 12.3. The van der Waals surface area contributed by atoms with Crippen LogP contribution in [0.5, 0.6) is 5.75 Å². The molecule has 0 aliphatic carbocycles. The number of hydrogen-bond donors (Lipinski definition) is 1. The van der Waals surface area contributed by atoms with E-state index in [1.807, 2.05) is 22.9 Å². The Balaban J connectivity index is 1.78. The van der Waals surface area contributed by atoms with Gasteiger partial charge in [-0.15, -0.1) is 0 Å². The third kappa shape index (κ3) is 4.41. The molecule has 0 fully saturated rings. The van der Waals surface area contributed by atoms with Crippen molar-refractivity contribution >= 4 is 0 Å². The van der Waals surface area contributed by atoms with E-state index in [2.05, 4.69) is 24.0 Å². The van der Waals surface area contributed by atoms with Gasteiger partial charge < -0.3 is 15.0 Å². The zero-order valence-corrected chi connectivity index (χ0v) is 11.3. The first kappa shape index (κ1) is 13.6. The zero-order valence-electron chi connectivity index (χ0n) is 11.3. The van der Waals surface area contributed by atoms with Crippen LogP contribution in [0.15, 0.2) is 43.0 Å². The van der Waals surface area contributed by atoms with E-state index in [1.165, 1.54) is 5.56 Å². The van der Waals surface area contributed by atoms with Crippen LogP contribution in [-0.2, 0) is 13.0 Å². The van der Waals surface area contributed by atoms with E-state index in [0.29, 0.717) is 6.61 Å². The number of benzene rings is 1. The average Bonchev–Trinajstić information content (AvgIpc) is 2.94. The molecule has 0 amide bonds. The molecule has 102 valence electrons. The molecule has 2 rings (SSSR count). The van der Waals surface area contributed by atoms with Crippen LogP contribution in [0.2, 0.25) is 0 Å². The van der Waals surface area contributed by atoms with Gasteiger partial charge >= 0.3 is 0 Å². The molecule has 1 aromatic heterocycles. The molecular formula is C15H21N3O. The van der Waals surface area contributed by atoms with Gasteiger partial charge in [0.1, 0.15) is 12.4 Å². The monoisotopic (exact) mass is 259 g/mol. The summed E-state index contributed by atoms with van der Waals surface area (Å²) in [6, 6.07) is 8.43. The van der Waals surface area contributed by atoms with E-state index >= 15 is 0 Å². The Morgan fingerprint density at radius 3 is 2.74 bits per heavy atom. The van der Waals surface area contributed by atoms with Crippen molar-refractivity contribution in [2.75, 3.05) is 6.61 Å². The van der Waals surface area contributed by atoms with Gasteiger partial charge in [0, 0.05) is 18.4 Å². The lowest BCUT2D eigenvalue weighted by atomic mass is 10.0. The lowest BCUT2D eigenvalue weighted by Gasteiger charge is -2.10. The van der Waals surface area contributed by atoms with Crippen LogP contribution in [0.1, 0.15) is 18.9 Å². The Labute approximate surface area is 114 Å². The number of imidazole rings is 1. The quantitative estimate of drug-likeness (QED) is 0.829. The van der Waals surface area contributed by atoms with Crippen molar-refractivity contribution in [1.82, 2.24) is 9.55 Å². The molecule has 1 aromatic carbocycles. The summed E-state index contributed by atoms with van der Waals surface area (Å²) in [7, 11) is 0. The van der Waals surface area contributed by atoms with Gasteiger partial charge in [-0.1, -0.05) is 19.1 Å². The Bertz CT molecular complexity index is 465. The predicted octanol–water partition coefficient (Wildman–Crippen LogP) is 2.24. The standard InChI is InChI=1S/C15H21N3O/c1-2-14(16)11-13-3-5-15(6-4-13)19-10-9-18-8-7-17-12-18/h3-8,12,14H,2,9-11,16H2,1H3. The molecule has 1 atom stereocenters. The summed E-state index contributed by atoms with van der Waals surface area (Å²) in [4.78, 5) is 3.99. The topological polar surface area (TPSA) is 53.1 Å². The molecule has 4 heteroatoms. The summed E-state index contributed by atoms with van der Waals surface area (Å²) in [5.74, 6) is 0.897. The molecule has 0 saturated heterocycles. The van der Waals surface area contributed by atoms with Gasteiger partial charge in [-0.3, -0.25) is 0 Å². The van der Waals surface area contributed by atoms with E-state index in [4.69, 9.17) is 10.5 Å². The Hall–Kier alpha value is -1.81. The van der Waals surface area contributed by atoms with Gasteiger partial charge in [-0.05, 0) is 30.5 Å². The van der Waals surface area contributed by atoms with Crippen molar-refractivity contribution in [2.24, 2.45) is 5.73 Å². The fraction of sp³-hybridized carbons (Fsp3) is 0.400. The van der Waals surface area contributed by atoms with Crippen molar-refractivity contribution < 1.29 is 4.74 Å². The highest BCUT2D eigenvalue weighted by Gasteiger charge is 2.01. The second kappa shape index (κ2) is 6.95. The molecule has 2 N–H and O–H groups in total. The number of hydrogen-bond acceptors (Lipinski definition) is 3. The molecule has 0 spiro atoms. The van der Waals surface area contributed by atoms with Crippen LogP contribution in [-0.4, -0.2) is 22.2 Å². The van der Waals surface area contributed by atoms with Gasteiger partial charge in [-0.2, -0.15) is 0 Å². The second-order valence-electron chi connectivity index (χ2n) is 4.67. The van der Waals surface area contributed by atoms with E-state index in [9.17, 15) is 0 Å². The SMILES string of the molecule is CCC(N)Cc1ccc(OCCn2ccnc2)cc1. The molecule has 19 heavy (non-hydrogen) atoms. The summed E-state index contributed by atoms with van der Waals surface area (Å²) in [6.07, 6.45) is 7.41. The van der Waals surface area contributed by atoms with Crippen molar-refractivity contribution in [3.05, 3.63) is 48.5 Å². The number of aromatic nitrogens is 2. The molecule has 0 bridgehead atoms. The Morgan fingerprint density at radius 2 is 2.11 bits per heavy atom. The lowest BCUT2D eigenvalue weighted by molar-refractivity contribution is 0.298. The summed E-state index contributed by atoms with van der Waals surface area (Å²) in [5, 5.41) is 0. The Morgan fingerprint density at radius 1 is 1.32 bits per heavy atom. The number of nitrogens with zero attached hydrogens (tertiary/aromatic N) is 2. The van der Waals surface area contributed by atoms with E-state index in [0.717, 1.165) is 25.1 Å². The smallest absolute Gasteiger partial charge is 0.119 e. The minimum Gasteiger partial charge on any atom is -0.492 e. The average molecular weight is 259 g/mol. The highest BCUT2D eigenvalue weighted by Crippen LogP contribution is 2.13. The van der Waals surface area contributed by atoms with Crippen LogP contribution in [0.3, 0.4) is 0 Å². The minimum atomic E-state index is 0.244. The van der Waals surface area contributed by atoms with Gasteiger partial charge in [0.25, 0.3) is 0 Å². The molecule has 1 unspecified atom stereocenters. The third-order valence-corrected chi connectivity index (χ3v) is 3.12. The molecule has 0 aliphatic rings. The number of ether oxygens (including phenoxy) is 1. The number of nitrogens with two attached hydrogens (primary N) is 1. The van der Waals surface area contributed by atoms with E-state index in [1.54, 1.807) is 12.5 Å². The third-order valence-electron chi connectivity index (χ3n) is 3.12. The predicted molar refractivity (Wildman–Crippen MR) is 76.1 cm³/mol. The van der Waals surface area contributed by atoms with E-state index in [-0.39, 0.29) is 6.04 Å².